The standard InChI is InChI=1S/C25H29N3O6S2/c1-3-34-15-14-28-21-12-11-18(24(30)33-2)16-22(21)35-25(28)26-23(29)19-8-7-13-27(17-19)36(31,32)20-9-5-4-6-10-20/h4-6,9-12,16,19H,3,7-8,13-15,17H2,1-2H3. The molecule has 1 aliphatic rings. The van der Waals surface area contributed by atoms with E-state index >= 15 is 0 Å². The van der Waals surface area contributed by atoms with E-state index in [1.807, 2.05) is 17.6 Å². The van der Waals surface area contributed by atoms with E-state index in [9.17, 15) is 18.0 Å². The Morgan fingerprint density at radius 3 is 2.67 bits per heavy atom. The number of esters is 1. The SMILES string of the molecule is CCOCCn1c(=NC(=O)C2CCCN(S(=O)(=O)c3ccccc3)C2)sc2cc(C(=O)OC)ccc21. The van der Waals surface area contributed by atoms with Gasteiger partial charge in [-0.3, -0.25) is 4.79 Å². The molecule has 1 amide bonds. The number of benzene rings is 2. The van der Waals surface area contributed by atoms with Crippen molar-refractivity contribution in [2.45, 2.75) is 31.2 Å². The third kappa shape index (κ3) is 5.59. The molecule has 9 nitrogen and oxygen atoms in total. The van der Waals surface area contributed by atoms with Gasteiger partial charge in [-0.15, -0.1) is 0 Å². The Balaban J connectivity index is 1.64. The molecule has 0 aliphatic carbocycles. The fraction of sp³-hybridized carbons (Fsp3) is 0.400. The molecule has 1 aromatic heterocycles. The maximum atomic E-state index is 13.3. The van der Waals surface area contributed by atoms with Gasteiger partial charge in [0.1, 0.15) is 0 Å². The lowest BCUT2D eigenvalue weighted by Crippen LogP contribution is -2.42. The van der Waals surface area contributed by atoms with E-state index in [1.54, 1.807) is 42.5 Å². The summed E-state index contributed by atoms with van der Waals surface area (Å²) < 4.78 is 40.5. The van der Waals surface area contributed by atoms with Crippen LogP contribution in [-0.4, -0.2) is 62.6 Å². The summed E-state index contributed by atoms with van der Waals surface area (Å²) in [5.41, 5.74) is 1.24. The average Bonchev–Trinajstić information content (AvgIpc) is 3.24. The van der Waals surface area contributed by atoms with Crippen LogP contribution in [0.3, 0.4) is 0 Å². The molecule has 1 fully saturated rings. The van der Waals surface area contributed by atoms with Crippen molar-refractivity contribution in [3.8, 4) is 0 Å². The first-order valence-corrected chi connectivity index (χ1v) is 14.0. The van der Waals surface area contributed by atoms with Crippen molar-refractivity contribution in [2.75, 3.05) is 33.4 Å². The molecule has 3 aromatic rings. The molecule has 0 radical (unpaired) electrons. The first-order valence-electron chi connectivity index (χ1n) is 11.8. The van der Waals surface area contributed by atoms with Crippen LogP contribution in [-0.2, 0) is 30.8 Å². The second-order valence-electron chi connectivity index (χ2n) is 8.37. The van der Waals surface area contributed by atoms with Crippen molar-refractivity contribution in [1.82, 2.24) is 8.87 Å². The van der Waals surface area contributed by atoms with Crippen LogP contribution in [0.15, 0.2) is 58.4 Å². The van der Waals surface area contributed by atoms with Crippen molar-refractivity contribution in [3.63, 3.8) is 0 Å². The van der Waals surface area contributed by atoms with Crippen LogP contribution >= 0.6 is 11.3 Å². The lowest BCUT2D eigenvalue weighted by atomic mass is 9.99. The zero-order chi connectivity index (χ0) is 25.7. The van der Waals surface area contributed by atoms with Gasteiger partial charge in [0.25, 0.3) is 5.91 Å². The highest BCUT2D eigenvalue weighted by Gasteiger charge is 2.33. The van der Waals surface area contributed by atoms with Gasteiger partial charge in [0.05, 0.1) is 40.3 Å². The first kappa shape index (κ1) is 26.2. The summed E-state index contributed by atoms with van der Waals surface area (Å²) in [5, 5.41) is 0. The number of aromatic nitrogens is 1. The van der Waals surface area contributed by atoms with E-state index in [0.717, 1.165) is 10.2 Å². The summed E-state index contributed by atoms with van der Waals surface area (Å²) in [6.07, 6.45) is 1.15. The number of sulfonamides is 1. The van der Waals surface area contributed by atoms with E-state index in [0.29, 0.717) is 49.5 Å². The predicted octanol–water partition coefficient (Wildman–Crippen LogP) is 3.05. The molecular formula is C25H29N3O6S2. The van der Waals surface area contributed by atoms with Gasteiger partial charge in [-0.1, -0.05) is 29.5 Å². The van der Waals surface area contributed by atoms with E-state index in [2.05, 4.69) is 4.99 Å². The average molecular weight is 532 g/mol. The second-order valence-corrected chi connectivity index (χ2v) is 11.3. The number of piperidine rings is 1. The molecule has 2 heterocycles. The Morgan fingerprint density at radius 1 is 1.17 bits per heavy atom. The van der Waals surface area contributed by atoms with Gasteiger partial charge >= 0.3 is 5.97 Å². The molecular weight excluding hydrogens is 502 g/mol. The largest absolute Gasteiger partial charge is 0.465 e. The lowest BCUT2D eigenvalue weighted by molar-refractivity contribution is -0.122. The van der Waals surface area contributed by atoms with Crippen LogP contribution in [0.2, 0.25) is 0 Å². The fourth-order valence-corrected chi connectivity index (χ4v) is 6.85. The van der Waals surface area contributed by atoms with E-state index in [4.69, 9.17) is 9.47 Å². The number of amides is 1. The number of ether oxygens (including phenoxy) is 2. The summed E-state index contributed by atoms with van der Waals surface area (Å²) in [5.74, 6) is -1.33. The van der Waals surface area contributed by atoms with Gasteiger partial charge in [0.15, 0.2) is 4.80 Å². The minimum absolute atomic E-state index is 0.0931. The van der Waals surface area contributed by atoms with Crippen LogP contribution in [0.5, 0.6) is 0 Å². The van der Waals surface area contributed by atoms with Gasteiger partial charge in [0, 0.05) is 26.2 Å². The lowest BCUT2D eigenvalue weighted by Gasteiger charge is -2.30. The Labute approximate surface area is 214 Å². The number of carbonyl (C=O) groups is 2. The van der Waals surface area contributed by atoms with Crippen molar-refractivity contribution < 1.29 is 27.5 Å². The number of hydrogen-bond donors (Lipinski definition) is 0. The summed E-state index contributed by atoms with van der Waals surface area (Å²) >= 11 is 1.30. The zero-order valence-corrected chi connectivity index (χ0v) is 21.9. The van der Waals surface area contributed by atoms with Crippen LogP contribution in [0.4, 0.5) is 0 Å². The van der Waals surface area contributed by atoms with Gasteiger partial charge in [-0.25, -0.2) is 13.2 Å². The zero-order valence-electron chi connectivity index (χ0n) is 20.3. The van der Waals surface area contributed by atoms with Crippen molar-refractivity contribution >= 4 is 43.5 Å². The van der Waals surface area contributed by atoms with Crippen LogP contribution in [0, 0.1) is 5.92 Å². The number of thiazole rings is 1. The molecule has 192 valence electrons. The van der Waals surface area contributed by atoms with Crippen molar-refractivity contribution in [3.05, 3.63) is 58.9 Å². The molecule has 0 N–H and O–H groups in total. The highest BCUT2D eigenvalue weighted by Crippen LogP contribution is 2.25. The molecule has 11 heteroatoms. The molecule has 0 saturated carbocycles. The monoisotopic (exact) mass is 531 g/mol. The summed E-state index contributed by atoms with van der Waals surface area (Å²) in [6.45, 7) is 3.86. The molecule has 36 heavy (non-hydrogen) atoms. The minimum Gasteiger partial charge on any atom is -0.465 e. The van der Waals surface area contributed by atoms with Gasteiger partial charge < -0.3 is 14.0 Å². The molecule has 1 aliphatic heterocycles. The predicted molar refractivity (Wildman–Crippen MR) is 136 cm³/mol. The number of fused-ring (bicyclic) bond motifs is 1. The normalized spacial score (nSPS) is 17.4. The van der Waals surface area contributed by atoms with Gasteiger partial charge in [0.2, 0.25) is 10.0 Å². The maximum Gasteiger partial charge on any atom is 0.337 e. The van der Waals surface area contributed by atoms with Crippen LogP contribution in [0.1, 0.15) is 30.1 Å². The smallest absolute Gasteiger partial charge is 0.337 e. The third-order valence-corrected chi connectivity index (χ3v) is 9.01. The second kappa shape index (κ2) is 11.5. The molecule has 1 atom stereocenters. The number of carbonyl (C=O) groups excluding carboxylic acids is 2. The molecule has 0 bridgehead atoms. The molecule has 1 unspecified atom stereocenters. The number of methoxy groups -OCH3 is 1. The Bertz CT molecular complexity index is 1410. The van der Waals surface area contributed by atoms with E-state index < -0.39 is 21.9 Å². The van der Waals surface area contributed by atoms with Crippen molar-refractivity contribution in [2.24, 2.45) is 10.9 Å². The first-order chi connectivity index (χ1) is 17.3. The number of nitrogens with zero attached hydrogens (tertiary/aromatic N) is 3. The molecule has 0 spiro atoms. The summed E-state index contributed by atoms with van der Waals surface area (Å²) in [6, 6.07) is 13.5. The minimum atomic E-state index is -3.68. The van der Waals surface area contributed by atoms with Crippen LogP contribution < -0.4 is 4.80 Å². The number of rotatable bonds is 8. The molecule has 1 saturated heterocycles. The highest BCUT2D eigenvalue weighted by atomic mass is 32.2. The Kier molecular flexibility index (Phi) is 8.35. The Hall–Kier alpha value is -2.86. The van der Waals surface area contributed by atoms with E-state index in [1.165, 1.54) is 22.8 Å². The third-order valence-electron chi connectivity index (χ3n) is 6.09. The van der Waals surface area contributed by atoms with E-state index in [-0.39, 0.29) is 17.3 Å². The van der Waals surface area contributed by atoms with Gasteiger partial charge in [-0.2, -0.15) is 9.30 Å². The molecule has 2 aromatic carbocycles. The summed E-state index contributed by atoms with van der Waals surface area (Å²) in [7, 11) is -2.36. The van der Waals surface area contributed by atoms with Gasteiger partial charge in [-0.05, 0) is 50.1 Å². The molecule has 4 rings (SSSR count). The van der Waals surface area contributed by atoms with Crippen molar-refractivity contribution in [1.29, 1.82) is 0 Å². The topological polar surface area (TPSA) is 107 Å². The number of hydrogen-bond acceptors (Lipinski definition) is 7. The van der Waals surface area contributed by atoms with Crippen LogP contribution in [0.25, 0.3) is 10.2 Å². The Morgan fingerprint density at radius 2 is 1.94 bits per heavy atom. The fourth-order valence-electron chi connectivity index (χ4n) is 4.21. The summed E-state index contributed by atoms with van der Waals surface area (Å²) in [4.78, 5) is 30.4. The quantitative estimate of drug-likeness (QED) is 0.327. The highest BCUT2D eigenvalue weighted by molar-refractivity contribution is 7.89. The maximum absolute atomic E-state index is 13.3.